The highest BCUT2D eigenvalue weighted by atomic mass is 32.2. The maximum atomic E-state index is 13.9. The number of nitrogens with one attached hydrogen (secondary N) is 1. The number of rotatable bonds is 8. The van der Waals surface area contributed by atoms with Crippen molar-refractivity contribution < 1.29 is 23.7 Å². The fourth-order valence-electron chi connectivity index (χ4n) is 4.00. The van der Waals surface area contributed by atoms with Crippen molar-refractivity contribution in [2.75, 3.05) is 31.3 Å². The van der Waals surface area contributed by atoms with Gasteiger partial charge in [-0.3, -0.25) is 24.0 Å². The van der Waals surface area contributed by atoms with Gasteiger partial charge in [-0.25, -0.2) is 4.21 Å². The summed E-state index contributed by atoms with van der Waals surface area (Å²) in [5.41, 5.74) is 2.77. The summed E-state index contributed by atoms with van der Waals surface area (Å²) in [5, 5.41) is 16.2. The molecule has 0 aliphatic carbocycles. The zero-order chi connectivity index (χ0) is 31.0. The molecule has 1 atom stereocenters. The molecule has 0 spiro atoms. The van der Waals surface area contributed by atoms with E-state index in [2.05, 4.69) is 31.6 Å². The lowest BCUT2D eigenvalue weighted by Gasteiger charge is -2.17. The number of anilines is 1. The molecule has 0 fully saturated rings. The number of aromatic nitrogens is 3. The molecule has 0 radical (unpaired) electrons. The largest absolute Gasteiger partial charge is 0.395 e. The van der Waals surface area contributed by atoms with Crippen LogP contribution in [0.2, 0.25) is 0 Å². The fourth-order valence-corrected chi connectivity index (χ4v) is 5.85. The van der Waals surface area contributed by atoms with Crippen LogP contribution in [-0.2, 0) is 21.6 Å². The third kappa shape index (κ3) is 8.00. The second-order valence-electron chi connectivity index (χ2n) is 9.57. The Balaban J connectivity index is 1.57. The average molecular weight is 599 g/mol. The zero-order valence-electron chi connectivity index (χ0n) is 23.9. The van der Waals surface area contributed by atoms with Gasteiger partial charge in [0.2, 0.25) is 5.91 Å². The highest BCUT2D eigenvalue weighted by molar-refractivity contribution is 7.94. The molecule has 0 unspecified atom stereocenters. The second kappa shape index (κ2) is 13.7. The number of carbonyl (C=O) groups excluding carboxylic acids is 3. The van der Waals surface area contributed by atoms with Crippen LogP contribution in [-0.4, -0.2) is 72.7 Å². The number of amides is 3. The van der Waals surface area contributed by atoms with Crippen LogP contribution < -0.4 is 5.32 Å². The van der Waals surface area contributed by atoms with Crippen molar-refractivity contribution in [3.05, 3.63) is 107 Å². The molecular formula is C31H30N6O5S. The topological polar surface area (TPSA) is 147 Å². The minimum atomic E-state index is -3.48. The Labute approximate surface area is 249 Å². The predicted octanol–water partition coefficient (Wildman–Crippen LogP) is 2.89. The molecule has 2 aromatic heterocycles. The minimum absolute atomic E-state index is 0.0547. The lowest BCUT2D eigenvalue weighted by molar-refractivity contribution is -0.127. The second-order valence-corrected chi connectivity index (χ2v) is 11.8. The van der Waals surface area contributed by atoms with E-state index in [0.717, 1.165) is 5.69 Å². The number of hydrogen-bond acceptors (Lipinski definition) is 7. The summed E-state index contributed by atoms with van der Waals surface area (Å²) in [7, 11) is -0.313. The van der Waals surface area contributed by atoms with Crippen molar-refractivity contribution in [3.8, 4) is 11.8 Å². The summed E-state index contributed by atoms with van der Waals surface area (Å²) >= 11 is 0. The molecule has 12 heteroatoms. The molecule has 0 saturated heterocycles. The van der Waals surface area contributed by atoms with Gasteiger partial charge in [0.1, 0.15) is 11.4 Å². The number of likely N-dealkylation sites (N-methyl/N-ethyl adjacent to an activating group) is 1. The van der Waals surface area contributed by atoms with Crippen molar-refractivity contribution >= 4 is 33.1 Å². The first kappa shape index (κ1) is 30.8. The molecule has 43 heavy (non-hydrogen) atoms. The molecule has 4 rings (SSSR count). The van der Waals surface area contributed by atoms with Gasteiger partial charge in [-0.05, 0) is 49.4 Å². The summed E-state index contributed by atoms with van der Waals surface area (Å²) in [4.78, 5) is 44.1. The van der Waals surface area contributed by atoms with Gasteiger partial charge in [-0.2, -0.15) is 9.46 Å². The Morgan fingerprint density at radius 3 is 2.47 bits per heavy atom. The van der Waals surface area contributed by atoms with Crippen LogP contribution in [0.25, 0.3) is 0 Å². The lowest BCUT2D eigenvalue weighted by atomic mass is 10.1. The molecule has 2 aromatic carbocycles. The van der Waals surface area contributed by atoms with Crippen molar-refractivity contribution in [3.63, 3.8) is 0 Å². The third-order valence-corrected chi connectivity index (χ3v) is 8.32. The van der Waals surface area contributed by atoms with Gasteiger partial charge in [0.25, 0.3) is 11.8 Å². The Hall–Kier alpha value is -5.12. The number of aryl methyl sites for hydroxylation is 2. The standard InChI is InChI=1S/C31H30N6O5S/c1-22-16-28(37(3)34-22)31(41)33-26-9-7-8-23(18-26)12-13-24-17-25(20-32-19-24)30(40)35-43(42,27-10-5-4-6-11-27)21-29(39)36(2)14-15-38/h4-11,16-20,38H,14-15,21H2,1-3H3,(H,33,41)/t43-/m0/s1. The zero-order valence-corrected chi connectivity index (χ0v) is 24.7. The van der Waals surface area contributed by atoms with E-state index in [-0.39, 0.29) is 29.5 Å². The molecule has 4 aromatic rings. The van der Waals surface area contributed by atoms with E-state index >= 15 is 0 Å². The summed E-state index contributed by atoms with van der Waals surface area (Å²) in [5.74, 6) is 3.78. The number of aliphatic hydroxyl groups excluding tert-OH is 1. The SMILES string of the molecule is Cc1cc(C(=O)Nc2cccc(C#Cc3cncc(C(=O)N=[S@](=O)(CC(=O)N(C)CCO)c4ccccc4)c3)c2)n(C)n1. The molecular weight excluding hydrogens is 568 g/mol. The summed E-state index contributed by atoms with van der Waals surface area (Å²) in [6.45, 7) is 1.61. The van der Waals surface area contributed by atoms with Gasteiger partial charge in [0.15, 0.2) is 0 Å². The van der Waals surface area contributed by atoms with Gasteiger partial charge in [0.05, 0.1) is 27.6 Å². The average Bonchev–Trinajstić information content (AvgIpc) is 3.34. The summed E-state index contributed by atoms with van der Waals surface area (Å²) in [6.07, 6.45) is 2.76. The highest BCUT2D eigenvalue weighted by Crippen LogP contribution is 2.17. The Morgan fingerprint density at radius 1 is 1.02 bits per heavy atom. The van der Waals surface area contributed by atoms with Crippen molar-refractivity contribution in [2.45, 2.75) is 11.8 Å². The molecule has 0 bridgehead atoms. The van der Waals surface area contributed by atoms with Crippen LogP contribution in [0.15, 0.2) is 88.4 Å². The number of aliphatic hydroxyl groups is 1. The summed E-state index contributed by atoms with van der Waals surface area (Å²) < 4.78 is 19.4. The maximum absolute atomic E-state index is 13.9. The van der Waals surface area contributed by atoms with Crippen LogP contribution in [0.3, 0.4) is 0 Å². The number of carbonyl (C=O) groups is 3. The van der Waals surface area contributed by atoms with Crippen molar-refractivity contribution in [2.24, 2.45) is 11.4 Å². The third-order valence-electron chi connectivity index (χ3n) is 6.21. The highest BCUT2D eigenvalue weighted by Gasteiger charge is 2.22. The molecule has 3 amide bonds. The number of pyridine rings is 1. The number of nitrogens with zero attached hydrogens (tertiary/aromatic N) is 5. The van der Waals surface area contributed by atoms with E-state index in [1.807, 2.05) is 0 Å². The van der Waals surface area contributed by atoms with Crippen LogP contribution in [0.5, 0.6) is 0 Å². The molecule has 0 aliphatic heterocycles. The van der Waals surface area contributed by atoms with Crippen LogP contribution in [0.1, 0.15) is 37.7 Å². The molecule has 2 N–H and O–H groups in total. The molecule has 2 heterocycles. The molecule has 220 valence electrons. The Kier molecular flexibility index (Phi) is 9.82. The normalized spacial score (nSPS) is 11.9. The van der Waals surface area contributed by atoms with E-state index in [1.54, 1.807) is 74.6 Å². The van der Waals surface area contributed by atoms with Crippen LogP contribution in [0, 0.1) is 18.8 Å². The molecule has 11 nitrogen and oxygen atoms in total. The fraction of sp³-hybridized carbons (Fsp3) is 0.194. The van der Waals surface area contributed by atoms with E-state index in [4.69, 9.17) is 5.11 Å². The molecule has 0 saturated carbocycles. The quantitative estimate of drug-likeness (QED) is 0.297. The first-order chi connectivity index (χ1) is 20.6. The Morgan fingerprint density at radius 2 is 1.77 bits per heavy atom. The maximum Gasteiger partial charge on any atom is 0.286 e. The van der Waals surface area contributed by atoms with Gasteiger partial charge < -0.3 is 15.3 Å². The molecule has 0 aliphatic rings. The first-order valence-corrected chi connectivity index (χ1v) is 14.8. The minimum Gasteiger partial charge on any atom is -0.395 e. The predicted molar refractivity (Wildman–Crippen MR) is 162 cm³/mol. The first-order valence-electron chi connectivity index (χ1n) is 13.2. The smallest absolute Gasteiger partial charge is 0.286 e. The van der Waals surface area contributed by atoms with Gasteiger partial charge in [0, 0.05) is 54.7 Å². The van der Waals surface area contributed by atoms with E-state index in [9.17, 15) is 18.6 Å². The van der Waals surface area contributed by atoms with Crippen LogP contribution >= 0.6 is 0 Å². The van der Waals surface area contributed by atoms with Gasteiger partial charge >= 0.3 is 0 Å². The number of benzene rings is 2. The number of hydrogen-bond donors (Lipinski definition) is 2. The van der Waals surface area contributed by atoms with E-state index in [0.29, 0.717) is 22.5 Å². The summed E-state index contributed by atoms with van der Waals surface area (Å²) in [6, 6.07) is 18.3. The lowest BCUT2D eigenvalue weighted by Crippen LogP contribution is -2.34. The van der Waals surface area contributed by atoms with E-state index < -0.39 is 27.3 Å². The van der Waals surface area contributed by atoms with Gasteiger partial charge in [-0.1, -0.05) is 36.1 Å². The van der Waals surface area contributed by atoms with Crippen molar-refractivity contribution in [1.29, 1.82) is 0 Å². The monoisotopic (exact) mass is 598 g/mol. The van der Waals surface area contributed by atoms with Crippen LogP contribution in [0.4, 0.5) is 5.69 Å². The Bertz CT molecular complexity index is 1850. The van der Waals surface area contributed by atoms with E-state index in [1.165, 1.54) is 35.1 Å². The van der Waals surface area contributed by atoms with Crippen molar-refractivity contribution in [1.82, 2.24) is 19.7 Å². The van der Waals surface area contributed by atoms with Gasteiger partial charge in [-0.15, -0.1) is 0 Å².